The van der Waals surface area contributed by atoms with Gasteiger partial charge in [-0.1, -0.05) is 0 Å². The van der Waals surface area contributed by atoms with Gasteiger partial charge in [-0.3, -0.25) is 9.88 Å². The highest BCUT2D eigenvalue weighted by Gasteiger charge is 2.26. The number of piperazine rings is 1. The fourth-order valence-corrected chi connectivity index (χ4v) is 2.41. The van der Waals surface area contributed by atoms with Crippen molar-refractivity contribution < 1.29 is 0 Å². The molecule has 0 amide bonds. The molecule has 0 aliphatic carbocycles. The van der Waals surface area contributed by atoms with E-state index in [9.17, 15) is 0 Å². The number of aryl methyl sites for hydroxylation is 2. The maximum absolute atomic E-state index is 4.63. The predicted molar refractivity (Wildman–Crippen MR) is 75.0 cm³/mol. The van der Waals surface area contributed by atoms with Gasteiger partial charge in [0.05, 0.1) is 11.4 Å². The molecule has 1 aromatic heterocycles. The molecule has 0 unspecified atom stereocenters. The van der Waals surface area contributed by atoms with Crippen LogP contribution in [-0.2, 0) is 0 Å². The standard InChI is InChI=1S/C14H24N4/c1-11-10-15-12(2)13(16-11)17-6-8-18(9-7-17)14(3,4)5/h10H,6-9H2,1-5H3. The highest BCUT2D eigenvalue weighted by molar-refractivity contribution is 5.43. The summed E-state index contributed by atoms with van der Waals surface area (Å²) in [6.45, 7) is 15.1. The molecular weight excluding hydrogens is 224 g/mol. The van der Waals surface area contributed by atoms with Crippen LogP contribution < -0.4 is 4.90 Å². The predicted octanol–water partition coefficient (Wildman–Crippen LogP) is 2.01. The Morgan fingerprint density at radius 1 is 1.06 bits per heavy atom. The summed E-state index contributed by atoms with van der Waals surface area (Å²) in [5.74, 6) is 1.06. The smallest absolute Gasteiger partial charge is 0.150 e. The molecule has 1 fully saturated rings. The molecule has 0 spiro atoms. The van der Waals surface area contributed by atoms with E-state index in [1.54, 1.807) is 0 Å². The lowest BCUT2D eigenvalue weighted by Crippen LogP contribution is -2.53. The number of rotatable bonds is 1. The monoisotopic (exact) mass is 248 g/mol. The molecule has 0 aromatic carbocycles. The molecule has 1 aliphatic rings. The van der Waals surface area contributed by atoms with E-state index < -0.39 is 0 Å². The average molecular weight is 248 g/mol. The highest BCUT2D eigenvalue weighted by atomic mass is 15.3. The Kier molecular flexibility index (Phi) is 3.57. The Balaban J connectivity index is 2.08. The van der Waals surface area contributed by atoms with Crippen molar-refractivity contribution in [3.8, 4) is 0 Å². The zero-order valence-electron chi connectivity index (χ0n) is 12.2. The SMILES string of the molecule is Cc1cnc(C)c(N2CCN(C(C)(C)C)CC2)n1. The first-order valence-electron chi connectivity index (χ1n) is 6.68. The van der Waals surface area contributed by atoms with E-state index in [2.05, 4.69) is 40.5 Å². The first-order valence-corrected chi connectivity index (χ1v) is 6.68. The van der Waals surface area contributed by atoms with Gasteiger partial charge in [-0.15, -0.1) is 0 Å². The minimum absolute atomic E-state index is 0.263. The zero-order chi connectivity index (χ0) is 13.3. The Morgan fingerprint density at radius 3 is 2.22 bits per heavy atom. The van der Waals surface area contributed by atoms with Crippen LogP contribution in [0.5, 0.6) is 0 Å². The summed E-state index contributed by atoms with van der Waals surface area (Å²) < 4.78 is 0. The number of anilines is 1. The summed E-state index contributed by atoms with van der Waals surface area (Å²) in [5, 5.41) is 0. The van der Waals surface area contributed by atoms with Crippen LogP contribution in [0.4, 0.5) is 5.82 Å². The van der Waals surface area contributed by atoms with Crippen LogP contribution in [0.3, 0.4) is 0 Å². The van der Waals surface area contributed by atoms with Crippen LogP contribution in [-0.4, -0.2) is 46.6 Å². The van der Waals surface area contributed by atoms with Gasteiger partial charge in [0.2, 0.25) is 0 Å². The number of hydrogen-bond donors (Lipinski definition) is 0. The molecule has 18 heavy (non-hydrogen) atoms. The number of nitrogens with zero attached hydrogens (tertiary/aromatic N) is 4. The van der Waals surface area contributed by atoms with Crippen molar-refractivity contribution in [3.05, 3.63) is 17.6 Å². The molecule has 2 heterocycles. The van der Waals surface area contributed by atoms with E-state index >= 15 is 0 Å². The van der Waals surface area contributed by atoms with Crippen LogP contribution in [0.1, 0.15) is 32.2 Å². The van der Waals surface area contributed by atoms with Crippen molar-refractivity contribution in [3.63, 3.8) is 0 Å². The van der Waals surface area contributed by atoms with E-state index in [1.807, 2.05) is 20.0 Å². The van der Waals surface area contributed by atoms with E-state index in [1.165, 1.54) is 0 Å². The van der Waals surface area contributed by atoms with Gasteiger partial charge < -0.3 is 4.90 Å². The lowest BCUT2D eigenvalue weighted by Gasteiger charge is -2.42. The second kappa shape index (κ2) is 4.84. The van der Waals surface area contributed by atoms with Crippen LogP contribution in [0.15, 0.2) is 6.20 Å². The third-order valence-electron chi connectivity index (χ3n) is 3.58. The van der Waals surface area contributed by atoms with E-state index in [0.29, 0.717) is 0 Å². The van der Waals surface area contributed by atoms with Gasteiger partial charge in [0.1, 0.15) is 5.82 Å². The van der Waals surface area contributed by atoms with Crippen molar-refractivity contribution in [2.45, 2.75) is 40.2 Å². The van der Waals surface area contributed by atoms with Gasteiger partial charge in [-0.25, -0.2) is 4.98 Å². The Hall–Kier alpha value is -1.16. The quantitative estimate of drug-likeness (QED) is 0.761. The Bertz CT molecular complexity index is 414. The zero-order valence-corrected chi connectivity index (χ0v) is 12.2. The van der Waals surface area contributed by atoms with Gasteiger partial charge in [0.15, 0.2) is 0 Å². The van der Waals surface area contributed by atoms with Crippen LogP contribution in [0, 0.1) is 13.8 Å². The van der Waals surface area contributed by atoms with Crippen molar-refractivity contribution >= 4 is 5.82 Å². The Morgan fingerprint density at radius 2 is 1.67 bits per heavy atom. The van der Waals surface area contributed by atoms with Crippen molar-refractivity contribution in [2.75, 3.05) is 31.1 Å². The molecule has 0 N–H and O–H groups in total. The average Bonchev–Trinajstić information content (AvgIpc) is 2.31. The Labute approximate surface area is 110 Å². The van der Waals surface area contributed by atoms with E-state index in [4.69, 9.17) is 0 Å². The minimum Gasteiger partial charge on any atom is -0.353 e. The summed E-state index contributed by atoms with van der Waals surface area (Å²) in [7, 11) is 0. The third-order valence-corrected chi connectivity index (χ3v) is 3.58. The maximum atomic E-state index is 4.63. The van der Waals surface area contributed by atoms with Gasteiger partial charge in [0.25, 0.3) is 0 Å². The molecule has 100 valence electrons. The second-order valence-corrected chi connectivity index (χ2v) is 6.07. The summed E-state index contributed by atoms with van der Waals surface area (Å²) in [5.41, 5.74) is 2.29. The van der Waals surface area contributed by atoms with Gasteiger partial charge in [-0.2, -0.15) is 0 Å². The molecule has 1 saturated heterocycles. The van der Waals surface area contributed by atoms with Crippen LogP contribution in [0.25, 0.3) is 0 Å². The van der Waals surface area contributed by atoms with E-state index in [0.717, 1.165) is 43.4 Å². The summed E-state index contributed by atoms with van der Waals surface area (Å²) in [6.07, 6.45) is 1.84. The summed E-state index contributed by atoms with van der Waals surface area (Å²) in [4.78, 5) is 13.9. The molecule has 2 rings (SSSR count). The molecule has 0 bridgehead atoms. The lowest BCUT2D eigenvalue weighted by atomic mass is 10.0. The van der Waals surface area contributed by atoms with Crippen LogP contribution >= 0.6 is 0 Å². The maximum Gasteiger partial charge on any atom is 0.150 e. The summed E-state index contributed by atoms with van der Waals surface area (Å²) >= 11 is 0. The van der Waals surface area contributed by atoms with Gasteiger partial charge >= 0.3 is 0 Å². The lowest BCUT2D eigenvalue weighted by molar-refractivity contribution is 0.128. The summed E-state index contributed by atoms with van der Waals surface area (Å²) in [6, 6.07) is 0. The van der Waals surface area contributed by atoms with Gasteiger partial charge in [-0.05, 0) is 34.6 Å². The second-order valence-electron chi connectivity index (χ2n) is 6.07. The van der Waals surface area contributed by atoms with Crippen molar-refractivity contribution in [2.24, 2.45) is 0 Å². The molecule has 0 radical (unpaired) electrons. The molecule has 1 aromatic rings. The van der Waals surface area contributed by atoms with E-state index in [-0.39, 0.29) is 5.54 Å². The molecule has 0 atom stereocenters. The van der Waals surface area contributed by atoms with Crippen LogP contribution in [0.2, 0.25) is 0 Å². The van der Waals surface area contributed by atoms with Gasteiger partial charge in [0, 0.05) is 37.9 Å². The number of aromatic nitrogens is 2. The largest absolute Gasteiger partial charge is 0.353 e. The molecule has 0 saturated carbocycles. The fourth-order valence-electron chi connectivity index (χ4n) is 2.41. The molecular formula is C14H24N4. The minimum atomic E-state index is 0.263. The molecule has 4 heteroatoms. The first-order chi connectivity index (χ1) is 8.38. The molecule has 1 aliphatic heterocycles. The number of hydrogen-bond acceptors (Lipinski definition) is 4. The molecule has 4 nitrogen and oxygen atoms in total. The third kappa shape index (κ3) is 2.80. The first kappa shape index (κ1) is 13.3. The van der Waals surface area contributed by atoms with Crippen molar-refractivity contribution in [1.29, 1.82) is 0 Å². The van der Waals surface area contributed by atoms with Crippen molar-refractivity contribution in [1.82, 2.24) is 14.9 Å². The highest BCUT2D eigenvalue weighted by Crippen LogP contribution is 2.21. The topological polar surface area (TPSA) is 32.3 Å². The normalized spacial score (nSPS) is 18.2. The fraction of sp³-hybridized carbons (Fsp3) is 0.714.